The highest BCUT2D eigenvalue weighted by molar-refractivity contribution is 7.14. The van der Waals surface area contributed by atoms with E-state index in [4.69, 9.17) is 0 Å². The fourth-order valence-electron chi connectivity index (χ4n) is 3.53. The van der Waals surface area contributed by atoms with Crippen molar-refractivity contribution in [3.8, 4) is 11.3 Å². The van der Waals surface area contributed by atoms with E-state index in [0.29, 0.717) is 42.3 Å². The molecule has 0 atom stereocenters. The smallest absolute Gasteiger partial charge is 0.246 e. The summed E-state index contributed by atoms with van der Waals surface area (Å²) in [6.07, 6.45) is 4.48. The summed E-state index contributed by atoms with van der Waals surface area (Å²) in [6.45, 7) is 1.02. The van der Waals surface area contributed by atoms with Crippen LogP contribution in [0.3, 0.4) is 0 Å². The Labute approximate surface area is 188 Å². The Balaban J connectivity index is 1.29. The molecule has 2 heterocycles. The number of benzene rings is 2. The molecule has 1 aliphatic rings. The standard InChI is InChI=1S/C24H21F2N3O2S/c25-19-8-7-18(14-20(19)26)21-15-32-24(27-21)28-23(31)17-10-12-29(13-11-17)22(30)9-6-16-4-2-1-3-5-16/h1-9,14-15,17H,10-13H2,(H,27,28,31)/b9-6+. The molecule has 0 spiro atoms. The average Bonchev–Trinajstić information content (AvgIpc) is 3.28. The SMILES string of the molecule is O=C(Nc1nc(-c2ccc(F)c(F)c2)cs1)C1CCN(C(=O)/C=C/c2ccccc2)CC1. The number of carbonyl (C=O) groups is 2. The molecule has 1 aromatic heterocycles. The molecule has 32 heavy (non-hydrogen) atoms. The van der Waals surface area contributed by atoms with E-state index in [1.54, 1.807) is 22.4 Å². The zero-order valence-corrected chi connectivity index (χ0v) is 17.9. The van der Waals surface area contributed by atoms with Crippen LogP contribution >= 0.6 is 11.3 Å². The minimum atomic E-state index is -0.944. The van der Waals surface area contributed by atoms with Crippen LogP contribution in [0.2, 0.25) is 0 Å². The number of anilines is 1. The van der Waals surface area contributed by atoms with Crippen LogP contribution in [-0.2, 0) is 9.59 Å². The summed E-state index contributed by atoms with van der Waals surface area (Å²) in [5.41, 5.74) is 1.87. The summed E-state index contributed by atoms with van der Waals surface area (Å²) < 4.78 is 26.6. The van der Waals surface area contributed by atoms with E-state index in [-0.39, 0.29) is 17.7 Å². The summed E-state index contributed by atoms with van der Waals surface area (Å²) in [7, 11) is 0. The number of hydrogen-bond donors (Lipinski definition) is 1. The first-order valence-electron chi connectivity index (χ1n) is 10.2. The van der Waals surface area contributed by atoms with Crippen molar-refractivity contribution >= 4 is 34.4 Å². The number of likely N-dealkylation sites (tertiary alicyclic amines) is 1. The van der Waals surface area contributed by atoms with Crippen molar-refractivity contribution in [3.05, 3.63) is 77.2 Å². The van der Waals surface area contributed by atoms with Gasteiger partial charge in [0.1, 0.15) is 0 Å². The van der Waals surface area contributed by atoms with Crippen molar-refractivity contribution in [3.63, 3.8) is 0 Å². The zero-order chi connectivity index (χ0) is 22.5. The molecule has 2 amide bonds. The maximum Gasteiger partial charge on any atom is 0.246 e. The molecule has 4 rings (SSSR count). The molecule has 1 aliphatic heterocycles. The third-order valence-electron chi connectivity index (χ3n) is 5.35. The fourth-order valence-corrected chi connectivity index (χ4v) is 4.25. The molecule has 1 N–H and O–H groups in total. The summed E-state index contributed by atoms with van der Waals surface area (Å²) in [6, 6.07) is 13.2. The first-order valence-corrected chi connectivity index (χ1v) is 11.1. The van der Waals surface area contributed by atoms with Crippen LogP contribution in [0, 0.1) is 17.6 Å². The minimum absolute atomic E-state index is 0.0659. The number of aromatic nitrogens is 1. The van der Waals surface area contributed by atoms with Crippen LogP contribution in [0.5, 0.6) is 0 Å². The van der Waals surface area contributed by atoms with E-state index in [9.17, 15) is 18.4 Å². The van der Waals surface area contributed by atoms with E-state index in [2.05, 4.69) is 10.3 Å². The first-order chi connectivity index (χ1) is 15.5. The summed E-state index contributed by atoms with van der Waals surface area (Å²) >= 11 is 1.22. The highest BCUT2D eigenvalue weighted by atomic mass is 32.1. The zero-order valence-electron chi connectivity index (χ0n) is 17.1. The Morgan fingerprint density at radius 1 is 1.06 bits per heavy atom. The molecule has 1 saturated heterocycles. The largest absolute Gasteiger partial charge is 0.339 e. The van der Waals surface area contributed by atoms with Gasteiger partial charge in [-0.05, 0) is 42.7 Å². The van der Waals surface area contributed by atoms with Crippen LogP contribution in [-0.4, -0.2) is 34.8 Å². The van der Waals surface area contributed by atoms with E-state index in [1.807, 2.05) is 30.3 Å². The third kappa shape index (κ3) is 5.26. The van der Waals surface area contributed by atoms with Gasteiger partial charge in [-0.15, -0.1) is 11.3 Å². The Kier molecular flexibility index (Phi) is 6.70. The van der Waals surface area contributed by atoms with Gasteiger partial charge in [-0.25, -0.2) is 13.8 Å². The minimum Gasteiger partial charge on any atom is -0.339 e. The second kappa shape index (κ2) is 9.82. The van der Waals surface area contributed by atoms with E-state index in [0.717, 1.165) is 17.7 Å². The number of nitrogens with one attached hydrogen (secondary N) is 1. The van der Waals surface area contributed by atoms with Crippen LogP contribution in [0.1, 0.15) is 18.4 Å². The van der Waals surface area contributed by atoms with Crippen LogP contribution in [0.15, 0.2) is 60.0 Å². The number of carbonyl (C=O) groups excluding carboxylic acids is 2. The van der Waals surface area contributed by atoms with Crippen molar-refractivity contribution in [2.45, 2.75) is 12.8 Å². The molecule has 8 heteroatoms. The van der Waals surface area contributed by atoms with Crippen molar-refractivity contribution in [1.82, 2.24) is 9.88 Å². The Morgan fingerprint density at radius 2 is 1.81 bits per heavy atom. The highest BCUT2D eigenvalue weighted by Crippen LogP contribution is 2.27. The molecule has 2 aromatic carbocycles. The molecule has 0 bridgehead atoms. The van der Waals surface area contributed by atoms with Gasteiger partial charge < -0.3 is 10.2 Å². The van der Waals surface area contributed by atoms with Crippen molar-refractivity contribution in [1.29, 1.82) is 0 Å². The Bertz CT molecular complexity index is 1140. The van der Waals surface area contributed by atoms with Gasteiger partial charge in [0.25, 0.3) is 0 Å². The quantitative estimate of drug-likeness (QED) is 0.555. The topological polar surface area (TPSA) is 62.3 Å². The number of rotatable bonds is 5. The van der Waals surface area contributed by atoms with Crippen LogP contribution < -0.4 is 5.32 Å². The lowest BCUT2D eigenvalue weighted by molar-refractivity contribution is -0.130. The van der Waals surface area contributed by atoms with E-state index in [1.165, 1.54) is 17.4 Å². The van der Waals surface area contributed by atoms with Gasteiger partial charge in [0.05, 0.1) is 5.69 Å². The number of amides is 2. The van der Waals surface area contributed by atoms with Crippen LogP contribution in [0.25, 0.3) is 17.3 Å². The van der Waals surface area contributed by atoms with Crippen molar-refractivity contribution in [2.75, 3.05) is 18.4 Å². The molecular formula is C24H21F2N3O2S. The number of hydrogen-bond acceptors (Lipinski definition) is 4. The van der Waals surface area contributed by atoms with Crippen LogP contribution in [0.4, 0.5) is 13.9 Å². The van der Waals surface area contributed by atoms with Gasteiger partial charge >= 0.3 is 0 Å². The van der Waals surface area contributed by atoms with Crippen molar-refractivity contribution in [2.24, 2.45) is 5.92 Å². The molecule has 0 radical (unpaired) electrons. The predicted molar refractivity (Wildman–Crippen MR) is 121 cm³/mol. The van der Waals surface area contributed by atoms with Crippen molar-refractivity contribution < 1.29 is 18.4 Å². The highest BCUT2D eigenvalue weighted by Gasteiger charge is 2.27. The third-order valence-corrected chi connectivity index (χ3v) is 6.10. The van der Waals surface area contributed by atoms with E-state index >= 15 is 0 Å². The second-order valence-corrected chi connectivity index (χ2v) is 8.36. The maximum absolute atomic E-state index is 13.4. The Hall–Kier alpha value is -3.39. The molecule has 5 nitrogen and oxygen atoms in total. The molecule has 0 saturated carbocycles. The van der Waals surface area contributed by atoms with Gasteiger partial charge in [-0.1, -0.05) is 30.3 Å². The molecule has 1 fully saturated rings. The monoisotopic (exact) mass is 453 g/mol. The molecule has 0 unspecified atom stereocenters. The van der Waals surface area contributed by atoms with Gasteiger partial charge in [-0.2, -0.15) is 0 Å². The maximum atomic E-state index is 13.4. The van der Waals surface area contributed by atoms with Gasteiger partial charge in [0, 0.05) is 36.0 Å². The molecule has 164 valence electrons. The lowest BCUT2D eigenvalue weighted by atomic mass is 9.96. The summed E-state index contributed by atoms with van der Waals surface area (Å²) in [5, 5.41) is 4.89. The molecular weight excluding hydrogens is 432 g/mol. The lowest BCUT2D eigenvalue weighted by Gasteiger charge is -2.30. The van der Waals surface area contributed by atoms with E-state index < -0.39 is 11.6 Å². The number of nitrogens with zero attached hydrogens (tertiary/aromatic N) is 2. The lowest BCUT2D eigenvalue weighted by Crippen LogP contribution is -2.40. The summed E-state index contributed by atoms with van der Waals surface area (Å²) in [5.74, 6) is -2.29. The Morgan fingerprint density at radius 3 is 2.53 bits per heavy atom. The normalized spacial score (nSPS) is 14.6. The molecule has 0 aliphatic carbocycles. The predicted octanol–water partition coefficient (Wildman–Crippen LogP) is 4.98. The van der Waals surface area contributed by atoms with Gasteiger partial charge in [0.15, 0.2) is 16.8 Å². The number of piperidine rings is 1. The fraction of sp³-hybridized carbons (Fsp3) is 0.208. The molecule has 3 aromatic rings. The number of halogens is 2. The second-order valence-electron chi connectivity index (χ2n) is 7.50. The van der Waals surface area contributed by atoms with Gasteiger partial charge in [-0.3, -0.25) is 9.59 Å². The summed E-state index contributed by atoms with van der Waals surface area (Å²) in [4.78, 5) is 31.1. The average molecular weight is 454 g/mol. The van der Waals surface area contributed by atoms with Gasteiger partial charge in [0.2, 0.25) is 11.8 Å². The first kappa shape index (κ1) is 21.8. The number of thiazole rings is 1.